The first-order valence-electron chi connectivity index (χ1n) is 7.91. The minimum absolute atomic E-state index is 0.0594. The molecule has 3 rings (SSSR count). The molecule has 0 bridgehead atoms. The van der Waals surface area contributed by atoms with E-state index in [0.717, 1.165) is 27.6 Å². The van der Waals surface area contributed by atoms with Gasteiger partial charge >= 0.3 is 0 Å². The van der Waals surface area contributed by atoms with E-state index in [1.54, 1.807) is 17.5 Å². The van der Waals surface area contributed by atoms with Crippen molar-refractivity contribution in [1.29, 1.82) is 0 Å². The number of nitrogens with one attached hydrogen (secondary N) is 1. The van der Waals surface area contributed by atoms with Gasteiger partial charge in [-0.3, -0.25) is 4.72 Å². The summed E-state index contributed by atoms with van der Waals surface area (Å²) in [5.74, 6) is -0.449. The molecule has 0 saturated heterocycles. The highest BCUT2D eigenvalue weighted by molar-refractivity contribution is 7.94. The molecular weight excluding hydrogens is 391 g/mol. The second kappa shape index (κ2) is 6.75. The summed E-state index contributed by atoms with van der Waals surface area (Å²) in [6.07, 6.45) is 0. The molecule has 0 aliphatic rings. The monoisotopic (exact) mass is 410 g/mol. The molecule has 1 aromatic carbocycles. The fourth-order valence-corrected chi connectivity index (χ4v) is 5.63. The third-order valence-electron chi connectivity index (χ3n) is 3.87. The summed E-state index contributed by atoms with van der Waals surface area (Å²) in [5.41, 5.74) is 2.19. The van der Waals surface area contributed by atoms with E-state index in [-0.39, 0.29) is 20.9 Å². The molecule has 26 heavy (non-hydrogen) atoms. The van der Waals surface area contributed by atoms with Crippen LogP contribution in [0.2, 0.25) is 0 Å². The van der Waals surface area contributed by atoms with Crippen LogP contribution in [-0.2, 0) is 15.4 Å². The van der Waals surface area contributed by atoms with Crippen molar-refractivity contribution in [3.63, 3.8) is 0 Å². The van der Waals surface area contributed by atoms with Gasteiger partial charge < -0.3 is 0 Å². The first-order chi connectivity index (χ1) is 12.1. The number of hydrogen-bond donors (Lipinski definition) is 1. The molecule has 138 valence electrons. The van der Waals surface area contributed by atoms with Gasteiger partial charge in [0.25, 0.3) is 10.0 Å². The highest BCUT2D eigenvalue weighted by Crippen LogP contribution is 2.34. The minimum Gasteiger partial charge on any atom is -0.279 e. The van der Waals surface area contributed by atoms with Crippen LogP contribution in [0.25, 0.3) is 10.6 Å². The van der Waals surface area contributed by atoms with Crippen LogP contribution in [0.5, 0.6) is 0 Å². The van der Waals surface area contributed by atoms with E-state index in [1.165, 1.54) is 30.4 Å². The molecule has 4 nitrogen and oxygen atoms in total. The van der Waals surface area contributed by atoms with Gasteiger partial charge in [0.2, 0.25) is 0 Å². The molecule has 0 aliphatic heterocycles. The van der Waals surface area contributed by atoms with Crippen LogP contribution in [0.3, 0.4) is 0 Å². The largest absolute Gasteiger partial charge is 0.279 e. The fourth-order valence-electron chi connectivity index (χ4n) is 2.23. The van der Waals surface area contributed by atoms with Crippen molar-refractivity contribution >= 4 is 38.4 Å². The summed E-state index contributed by atoms with van der Waals surface area (Å²) in [7, 11) is -3.78. The van der Waals surface area contributed by atoms with Crippen LogP contribution in [0.15, 0.2) is 39.2 Å². The fraction of sp³-hybridized carbons (Fsp3) is 0.278. The number of rotatable bonds is 4. The van der Waals surface area contributed by atoms with E-state index in [2.05, 4.69) is 30.5 Å². The summed E-state index contributed by atoms with van der Waals surface area (Å²) in [5, 5.41) is 4.56. The van der Waals surface area contributed by atoms with Crippen LogP contribution in [-0.4, -0.2) is 13.4 Å². The first-order valence-corrected chi connectivity index (χ1v) is 11.1. The number of thiazole rings is 1. The van der Waals surface area contributed by atoms with Crippen molar-refractivity contribution in [2.45, 2.75) is 37.3 Å². The Labute approximate surface area is 160 Å². The van der Waals surface area contributed by atoms with E-state index in [9.17, 15) is 12.8 Å². The zero-order valence-electron chi connectivity index (χ0n) is 14.8. The van der Waals surface area contributed by atoms with Crippen LogP contribution < -0.4 is 4.72 Å². The predicted octanol–water partition coefficient (Wildman–Crippen LogP) is 5.42. The normalized spacial score (nSPS) is 12.3. The number of anilines is 1. The maximum absolute atomic E-state index is 13.6. The number of nitrogens with zero attached hydrogens (tertiary/aromatic N) is 1. The molecule has 3 aromatic rings. The van der Waals surface area contributed by atoms with Crippen molar-refractivity contribution in [1.82, 2.24) is 4.98 Å². The van der Waals surface area contributed by atoms with E-state index in [4.69, 9.17) is 0 Å². The maximum atomic E-state index is 13.6. The number of thiophene rings is 1. The Kier molecular flexibility index (Phi) is 4.94. The van der Waals surface area contributed by atoms with Crippen LogP contribution in [0.1, 0.15) is 32.0 Å². The second-order valence-electron chi connectivity index (χ2n) is 6.96. The molecule has 0 fully saturated rings. The molecule has 0 aliphatic carbocycles. The van der Waals surface area contributed by atoms with Crippen LogP contribution in [0, 0.1) is 12.7 Å². The van der Waals surface area contributed by atoms with Gasteiger partial charge in [0, 0.05) is 27.3 Å². The molecule has 8 heteroatoms. The lowest BCUT2D eigenvalue weighted by molar-refractivity contribution is 0.573. The van der Waals surface area contributed by atoms with Gasteiger partial charge in [0.05, 0.1) is 11.4 Å². The molecule has 0 spiro atoms. The maximum Gasteiger partial charge on any atom is 0.271 e. The van der Waals surface area contributed by atoms with Gasteiger partial charge in [0.15, 0.2) is 0 Å². The highest BCUT2D eigenvalue weighted by Gasteiger charge is 2.22. The Balaban J connectivity index is 1.89. The summed E-state index contributed by atoms with van der Waals surface area (Å²) in [6, 6.07) is 5.92. The Morgan fingerprint density at radius 3 is 2.54 bits per heavy atom. The average Bonchev–Trinajstić information content (AvgIpc) is 3.19. The molecule has 0 unspecified atom stereocenters. The lowest BCUT2D eigenvalue weighted by Gasteiger charge is -2.14. The highest BCUT2D eigenvalue weighted by atomic mass is 32.2. The molecule has 0 radical (unpaired) electrons. The molecule has 0 atom stereocenters. The number of hydrogen-bond acceptors (Lipinski definition) is 5. The Morgan fingerprint density at radius 1 is 1.15 bits per heavy atom. The zero-order valence-corrected chi connectivity index (χ0v) is 17.3. The summed E-state index contributed by atoms with van der Waals surface area (Å²) in [6.45, 7) is 7.79. The average molecular weight is 411 g/mol. The molecule has 1 N–H and O–H groups in total. The van der Waals surface area contributed by atoms with E-state index in [0.29, 0.717) is 0 Å². The topological polar surface area (TPSA) is 59.1 Å². The number of sulfonamides is 1. The Hall–Kier alpha value is -1.77. The molecule has 0 saturated carbocycles. The van der Waals surface area contributed by atoms with Crippen LogP contribution >= 0.6 is 22.7 Å². The predicted molar refractivity (Wildman–Crippen MR) is 106 cm³/mol. The molecule has 0 amide bonds. The van der Waals surface area contributed by atoms with Gasteiger partial charge in [0.1, 0.15) is 15.0 Å². The summed E-state index contributed by atoms with van der Waals surface area (Å²) < 4.78 is 41.5. The molecular formula is C18H19FN2O2S3. The van der Waals surface area contributed by atoms with E-state index >= 15 is 0 Å². The summed E-state index contributed by atoms with van der Waals surface area (Å²) in [4.78, 5) is 4.62. The SMILES string of the molecule is Cc1c(F)cccc1NS(=O)(=O)c1cc(-c2nc(C(C)(C)C)cs2)cs1. The lowest BCUT2D eigenvalue weighted by atomic mass is 9.93. The van der Waals surface area contributed by atoms with Crippen LogP contribution in [0.4, 0.5) is 10.1 Å². The Bertz CT molecular complexity index is 1050. The smallest absolute Gasteiger partial charge is 0.271 e. The van der Waals surface area contributed by atoms with Crippen molar-refractivity contribution in [2.75, 3.05) is 4.72 Å². The minimum atomic E-state index is -3.78. The Morgan fingerprint density at radius 2 is 1.88 bits per heavy atom. The van der Waals surface area contributed by atoms with Crippen molar-refractivity contribution < 1.29 is 12.8 Å². The third kappa shape index (κ3) is 3.82. The quantitative estimate of drug-likeness (QED) is 0.625. The van der Waals surface area contributed by atoms with Crippen molar-refractivity contribution in [2.24, 2.45) is 0 Å². The van der Waals surface area contributed by atoms with Crippen molar-refractivity contribution in [3.05, 3.63) is 52.1 Å². The number of halogens is 1. The van der Waals surface area contributed by atoms with Gasteiger partial charge in [-0.2, -0.15) is 0 Å². The first kappa shape index (κ1) is 19.0. The van der Waals surface area contributed by atoms with E-state index in [1.807, 2.05) is 5.38 Å². The van der Waals surface area contributed by atoms with Crippen molar-refractivity contribution in [3.8, 4) is 10.6 Å². The lowest BCUT2D eigenvalue weighted by Crippen LogP contribution is -2.12. The molecule has 2 heterocycles. The number of aromatic nitrogens is 1. The second-order valence-corrected chi connectivity index (χ2v) is 10.6. The summed E-state index contributed by atoms with van der Waals surface area (Å²) >= 11 is 2.61. The zero-order chi connectivity index (χ0) is 19.1. The van der Waals surface area contributed by atoms with Gasteiger partial charge in [-0.05, 0) is 25.1 Å². The van der Waals surface area contributed by atoms with E-state index < -0.39 is 15.8 Å². The number of benzene rings is 1. The third-order valence-corrected chi connectivity index (χ3v) is 7.57. The molecule has 2 aromatic heterocycles. The van der Waals surface area contributed by atoms with Gasteiger partial charge in [-0.15, -0.1) is 22.7 Å². The van der Waals surface area contributed by atoms with Gasteiger partial charge in [-0.25, -0.2) is 17.8 Å². The van der Waals surface area contributed by atoms with Gasteiger partial charge in [-0.1, -0.05) is 26.8 Å². The standard InChI is InChI=1S/C18H19FN2O2S3/c1-11-13(19)6-5-7-14(11)21-26(22,23)16-8-12(9-24-16)17-20-15(10-25-17)18(2,3)4/h5-10,21H,1-4H3.